The molecule has 3 nitrogen and oxygen atoms in total. The van der Waals surface area contributed by atoms with Gasteiger partial charge in [0.05, 0.1) is 0 Å². The van der Waals surface area contributed by atoms with Crippen molar-refractivity contribution >= 4 is 27.7 Å². The molecule has 0 aromatic heterocycles. The minimum absolute atomic E-state index is 1.15. The smallest absolute Gasteiger partial charge is 0.221 e. The Morgan fingerprint density at radius 2 is 0.833 bits per heavy atom. The summed E-state index contributed by atoms with van der Waals surface area (Å²) in [5.41, 5.74) is 0. The molecule has 0 saturated heterocycles. The van der Waals surface area contributed by atoms with Gasteiger partial charge < -0.3 is 0 Å². The molecular formula is C18H43NO2SSi2. The fourth-order valence-corrected chi connectivity index (χ4v) is 23.6. The summed E-state index contributed by atoms with van der Waals surface area (Å²) in [5, 5.41) is 0. The van der Waals surface area contributed by atoms with Crippen molar-refractivity contribution < 1.29 is 8.76 Å². The lowest BCUT2D eigenvalue weighted by Crippen LogP contribution is -2.67. The number of rotatable bonds is 15. The maximum absolute atomic E-state index is 12.7. The summed E-state index contributed by atoms with van der Waals surface area (Å²) in [5.74, 6) is 0. The van der Waals surface area contributed by atoms with Crippen molar-refractivity contribution in [1.29, 1.82) is 0 Å². The van der Waals surface area contributed by atoms with E-state index in [4.69, 9.17) is 0 Å². The van der Waals surface area contributed by atoms with Crippen LogP contribution in [0.2, 0.25) is 36.3 Å². The van der Waals surface area contributed by atoms with E-state index in [0.29, 0.717) is 0 Å². The highest BCUT2D eigenvalue weighted by Gasteiger charge is 2.51. The van der Waals surface area contributed by atoms with Gasteiger partial charge in [0.2, 0.25) is 11.3 Å². The summed E-state index contributed by atoms with van der Waals surface area (Å²) < 4.78 is 25.6. The van der Waals surface area contributed by atoms with Gasteiger partial charge in [0, 0.05) is 0 Å². The third-order valence-electron chi connectivity index (χ3n) is 5.31. The van der Waals surface area contributed by atoms with Gasteiger partial charge in [-0.15, -0.1) is 0 Å². The molecule has 1 N–H and O–H groups in total. The van der Waals surface area contributed by atoms with Gasteiger partial charge in [0.1, 0.15) is 16.5 Å². The summed E-state index contributed by atoms with van der Waals surface area (Å²) in [6.45, 7) is 13.5. The molecule has 0 rings (SSSR count). The molecule has 0 aliphatic carbocycles. The van der Waals surface area contributed by atoms with Gasteiger partial charge in [-0.05, 0) is 36.3 Å². The molecule has 0 heterocycles. The van der Waals surface area contributed by atoms with Crippen LogP contribution in [0.25, 0.3) is 0 Å². The molecule has 24 heavy (non-hydrogen) atoms. The quantitative estimate of drug-likeness (QED) is 0.246. The molecule has 1 unspecified atom stereocenters. The normalized spacial score (nSPS) is 14.3. The Morgan fingerprint density at radius 3 is 0.958 bits per heavy atom. The van der Waals surface area contributed by atoms with E-state index in [0.717, 1.165) is 38.5 Å². The van der Waals surface area contributed by atoms with Crippen LogP contribution in [0.3, 0.4) is 0 Å². The van der Waals surface area contributed by atoms with Gasteiger partial charge in [-0.2, -0.15) is 0 Å². The van der Waals surface area contributed by atoms with Crippen molar-refractivity contribution in [2.45, 2.75) is 116 Å². The Kier molecular flexibility index (Phi) is 13.1. The third kappa shape index (κ3) is 6.34. The number of hydrogen-bond acceptors (Lipinski definition) is 1. The Bertz CT molecular complexity index is 296. The van der Waals surface area contributed by atoms with Crippen molar-refractivity contribution in [3.8, 4) is 0 Å². The van der Waals surface area contributed by atoms with E-state index in [1.165, 1.54) is 36.3 Å². The third-order valence-corrected chi connectivity index (χ3v) is 22.0. The molecule has 0 aliphatic heterocycles. The van der Waals surface area contributed by atoms with Gasteiger partial charge in [0.25, 0.3) is 0 Å². The lowest BCUT2D eigenvalue weighted by Gasteiger charge is -2.51. The van der Waals surface area contributed by atoms with Crippen LogP contribution in [0.1, 0.15) is 80.1 Å². The van der Waals surface area contributed by atoms with Gasteiger partial charge in [0.15, 0.2) is 0 Å². The van der Waals surface area contributed by atoms with Crippen molar-refractivity contribution in [2.24, 2.45) is 0 Å². The zero-order valence-electron chi connectivity index (χ0n) is 17.2. The highest BCUT2D eigenvalue weighted by molar-refractivity contribution is 7.80. The number of hydrogen-bond donors (Lipinski definition) is 1. The zero-order valence-corrected chi connectivity index (χ0v) is 20.0. The largest absolute Gasteiger partial charge is 0.295 e. The lowest BCUT2D eigenvalue weighted by atomic mass is 10.5. The van der Waals surface area contributed by atoms with E-state index in [2.05, 4.69) is 45.2 Å². The van der Waals surface area contributed by atoms with Crippen LogP contribution in [0.15, 0.2) is 0 Å². The van der Waals surface area contributed by atoms with E-state index in [-0.39, 0.29) is 0 Å². The molecule has 146 valence electrons. The Hall–Kier alpha value is 0.504. The first-order valence-electron chi connectivity index (χ1n) is 10.3. The predicted molar refractivity (Wildman–Crippen MR) is 115 cm³/mol. The Morgan fingerprint density at radius 1 is 0.625 bits per heavy atom. The monoisotopic (exact) mass is 393 g/mol. The van der Waals surface area contributed by atoms with E-state index in [9.17, 15) is 8.76 Å². The van der Waals surface area contributed by atoms with Gasteiger partial charge >= 0.3 is 0 Å². The molecular weight excluding hydrogens is 350 g/mol. The second-order valence-electron chi connectivity index (χ2n) is 7.47. The van der Waals surface area contributed by atoms with Crippen LogP contribution in [-0.2, 0) is 11.3 Å². The van der Waals surface area contributed by atoms with Crippen LogP contribution >= 0.6 is 0 Å². The SMILES string of the molecule is CCC[Si](CCC)(CCC)N(S(=O)O)[Si](CCC)(CCC)CCC. The van der Waals surface area contributed by atoms with Gasteiger partial charge in [-0.25, -0.2) is 7.85 Å². The highest BCUT2D eigenvalue weighted by Crippen LogP contribution is 2.41. The molecule has 0 saturated carbocycles. The fraction of sp³-hybridized carbons (Fsp3) is 1.00. The average molecular weight is 394 g/mol. The van der Waals surface area contributed by atoms with Crippen LogP contribution in [0, 0.1) is 0 Å². The van der Waals surface area contributed by atoms with Crippen LogP contribution < -0.4 is 0 Å². The molecule has 0 bridgehead atoms. The molecule has 0 fully saturated rings. The minimum atomic E-state index is -1.89. The van der Waals surface area contributed by atoms with E-state index >= 15 is 0 Å². The zero-order chi connectivity index (χ0) is 18.6. The first-order chi connectivity index (χ1) is 11.4. The maximum atomic E-state index is 12.7. The average Bonchev–Trinajstić information content (AvgIpc) is 2.48. The number of nitrogens with zero attached hydrogens (tertiary/aromatic N) is 1. The second kappa shape index (κ2) is 12.8. The highest BCUT2D eigenvalue weighted by atomic mass is 32.2. The molecule has 0 amide bonds. The summed E-state index contributed by atoms with van der Waals surface area (Å²) in [6, 6.07) is 7.12. The second-order valence-corrected chi connectivity index (χ2v) is 18.2. The minimum Gasteiger partial charge on any atom is -0.295 e. The summed E-state index contributed by atoms with van der Waals surface area (Å²) in [6.07, 6.45) is 6.89. The molecule has 0 spiro atoms. The summed E-state index contributed by atoms with van der Waals surface area (Å²) in [4.78, 5) is 0. The summed E-state index contributed by atoms with van der Waals surface area (Å²) >= 11 is -1.79. The molecule has 1 atom stereocenters. The van der Waals surface area contributed by atoms with Crippen molar-refractivity contribution in [2.75, 3.05) is 0 Å². The molecule has 0 aromatic carbocycles. The van der Waals surface area contributed by atoms with E-state index in [1.54, 1.807) is 0 Å². The Labute approximate surface area is 156 Å². The fourth-order valence-electron chi connectivity index (χ4n) is 4.99. The molecule has 6 heteroatoms. The van der Waals surface area contributed by atoms with Crippen molar-refractivity contribution in [3.05, 3.63) is 0 Å². The Balaban J connectivity index is 6.22. The van der Waals surface area contributed by atoms with E-state index in [1.807, 2.05) is 0 Å². The molecule has 0 aliphatic rings. The van der Waals surface area contributed by atoms with Crippen LogP contribution in [0.5, 0.6) is 0 Å². The molecule has 0 aromatic rings. The topological polar surface area (TPSA) is 40.5 Å². The van der Waals surface area contributed by atoms with Crippen LogP contribution in [-0.4, -0.2) is 28.9 Å². The summed E-state index contributed by atoms with van der Waals surface area (Å²) in [7, 11) is -3.78. The molecule has 0 radical (unpaired) electrons. The standard InChI is InChI=1S/C18H43NO2SSi2/c1-7-13-23(14-8-2,15-9-3)19(22(20)21)24(16-10-4,17-11-5)18-12-6/h7-18H2,1-6H3,(H,20,21). The van der Waals surface area contributed by atoms with Gasteiger partial charge in [-0.1, -0.05) is 80.1 Å². The van der Waals surface area contributed by atoms with Gasteiger partial charge in [-0.3, -0.25) is 4.55 Å². The maximum Gasteiger partial charge on any atom is 0.221 e. The van der Waals surface area contributed by atoms with Crippen LogP contribution in [0.4, 0.5) is 0 Å². The first-order valence-corrected chi connectivity index (χ1v) is 16.5. The van der Waals surface area contributed by atoms with Crippen molar-refractivity contribution in [3.63, 3.8) is 0 Å². The lowest BCUT2D eigenvalue weighted by molar-refractivity contribution is 0.530. The van der Waals surface area contributed by atoms with Crippen molar-refractivity contribution in [1.82, 2.24) is 3.64 Å². The van der Waals surface area contributed by atoms with E-state index < -0.39 is 27.7 Å². The first kappa shape index (κ1) is 24.5. The predicted octanol–water partition coefficient (Wildman–Crippen LogP) is 6.78.